The molecule has 0 amide bonds. The summed E-state index contributed by atoms with van der Waals surface area (Å²) in [6.45, 7) is 2.23. The molecule has 2 rings (SSSR count). The molecule has 106 valence electrons. The van der Waals surface area contributed by atoms with E-state index in [1.807, 2.05) is 41.9 Å². The molecule has 0 atom stereocenters. The zero-order chi connectivity index (χ0) is 14.4. The molecule has 0 fully saturated rings. The highest BCUT2D eigenvalue weighted by molar-refractivity contribution is 7.99. The number of thioether (sulfide) groups is 1. The van der Waals surface area contributed by atoms with Crippen LogP contribution < -0.4 is 0 Å². The smallest absolute Gasteiger partial charge is 0.306 e. The second-order valence-electron chi connectivity index (χ2n) is 4.13. The van der Waals surface area contributed by atoms with Gasteiger partial charge in [0.1, 0.15) is 0 Å². The van der Waals surface area contributed by atoms with Crippen LogP contribution >= 0.6 is 11.8 Å². The quantitative estimate of drug-likeness (QED) is 0.604. The summed E-state index contributed by atoms with van der Waals surface area (Å²) in [5.74, 6) is 1.29. The van der Waals surface area contributed by atoms with Crippen molar-refractivity contribution in [2.45, 2.75) is 18.5 Å². The highest BCUT2D eigenvalue weighted by atomic mass is 32.2. The van der Waals surface area contributed by atoms with Gasteiger partial charge in [0.15, 0.2) is 11.0 Å². The first kappa shape index (κ1) is 14.6. The molecule has 0 aliphatic carbocycles. The number of carbonyl (C=O) groups is 1. The predicted molar refractivity (Wildman–Crippen MR) is 78.4 cm³/mol. The minimum absolute atomic E-state index is 0.176. The Morgan fingerprint density at radius 1 is 1.30 bits per heavy atom. The molecule has 1 heterocycles. The van der Waals surface area contributed by atoms with Crippen LogP contribution in [0.2, 0.25) is 0 Å². The number of carbonyl (C=O) groups excluding carboxylic acids is 1. The Kier molecular flexibility index (Phi) is 5.17. The van der Waals surface area contributed by atoms with Gasteiger partial charge in [-0.3, -0.25) is 4.79 Å². The number of hydrogen-bond acceptors (Lipinski definition) is 5. The Bertz CT molecular complexity index is 569. The summed E-state index contributed by atoms with van der Waals surface area (Å²) in [6, 6.07) is 9.90. The van der Waals surface area contributed by atoms with Gasteiger partial charge in [0, 0.05) is 18.4 Å². The second-order valence-corrected chi connectivity index (χ2v) is 5.20. The van der Waals surface area contributed by atoms with Crippen LogP contribution in [0.3, 0.4) is 0 Å². The maximum absolute atomic E-state index is 11.3. The van der Waals surface area contributed by atoms with Gasteiger partial charge in [0.2, 0.25) is 0 Å². The Balaban J connectivity index is 1.98. The van der Waals surface area contributed by atoms with E-state index in [9.17, 15) is 4.79 Å². The summed E-state index contributed by atoms with van der Waals surface area (Å²) >= 11 is 1.51. The van der Waals surface area contributed by atoms with Crippen LogP contribution in [0.1, 0.15) is 13.3 Å². The minimum atomic E-state index is -0.176. The monoisotopic (exact) mass is 291 g/mol. The van der Waals surface area contributed by atoms with Crippen LogP contribution in [0.5, 0.6) is 0 Å². The summed E-state index contributed by atoms with van der Waals surface area (Å²) in [7, 11) is 1.93. The van der Waals surface area contributed by atoms with Crippen LogP contribution in [0.25, 0.3) is 11.4 Å². The van der Waals surface area contributed by atoms with Gasteiger partial charge in [0.25, 0.3) is 0 Å². The third-order valence-corrected chi connectivity index (χ3v) is 3.73. The van der Waals surface area contributed by atoms with Gasteiger partial charge >= 0.3 is 5.97 Å². The molecule has 6 heteroatoms. The highest BCUT2D eigenvalue weighted by Gasteiger charge is 2.11. The van der Waals surface area contributed by atoms with Gasteiger partial charge in [-0.1, -0.05) is 42.1 Å². The molecular formula is C14H17N3O2S. The van der Waals surface area contributed by atoms with E-state index in [0.717, 1.165) is 16.5 Å². The molecule has 0 aliphatic rings. The molecule has 5 nitrogen and oxygen atoms in total. The number of ether oxygens (including phenoxy) is 1. The third kappa shape index (κ3) is 3.60. The Morgan fingerprint density at radius 3 is 2.75 bits per heavy atom. The van der Waals surface area contributed by atoms with Crippen molar-refractivity contribution < 1.29 is 9.53 Å². The number of rotatable bonds is 6. The maximum Gasteiger partial charge on any atom is 0.306 e. The number of aromatic nitrogens is 3. The van der Waals surface area contributed by atoms with Crippen molar-refractivity contribution in [2.75, 3.05) is 12.4 Å². The lowest BCUT2D eigenvalue weighted by molar-refractivity contribution is -0.142. The van der Waals surface area contributed by atoms with Crippen molar-refractivity contribution >= 4 is 17.7 Å². The number of hydrogen-bond donors (Lipinski definition) is 0. The molecule has 1 aromatic carbocycles. The van der Waals surface area contributed by atoms with Crippen molar-refractivity contribution in [3.8, 4) is 11.4 Å². The van der Waals surface area contributed by atoms with Gasteiger partial charge in [-0.2, -0.15) is 0 Å². The van der Waals surface area contributed by atoms with Crippen molar-refractivity contribution in [1.82, 2.24) is 14.8 Å². The topological polar surface area (TPSA) is 57.0 Å². The molecule has 0 radical (unpaired) electrons. The van der Waals surface area contributed by atoms with Gasteiger partial charge in [-0.25, -0.2) is 0 Å². The molecule has 0 spiro atoms. The number of esters is 1. The standard InChI is InChI=1S/C14H17N3O2S/c1-3-19-12(18)9-10-20-14-16-15-13(17(14)2)11-7-5-4-6-8-11/h4-8H,3,9-10H2,1-2H3. The van der Waals surface area contributed by atoms with E-state index in [4.69, 9.17) is 4.74 Å². The molecule has 20 heavy (non-hydrogen) atoms. The summed E-state index contributed by atoms with van der Waals surface area (Å²) < 4.78 is 6.83. The average Bonchev–Trinajstić information content (AvgIpc) is 2.82. The molecule has 0 unspecified atom stereocenters. The van der Waals surface area contributed by atoms with E-state index in [0.29, 0.717) is 18.8 Å². The molecular weight excluding hydrogens is 274 g/mol. The zero-order valence-corrected chi connectivity index (χ0v) is 12.4. The molecule has 1 aromatic heterocycles. The highest BCUT2D eigenvalue weighted by Crippen LogP contribution is 2.22. The zero-order valence-electron chi connectivity index (χ0n) is 11.6. The summed E-state index contributed by atoms with van der Waals surface area (Å²) in [4.78, 5) is 11.3. The Morgan fingerprint density at radius 2 is 2.05 bits per heavy atom. The van der Waals surface area contributed by atoms with Crippen molar-refractivity contribution in [2.24, 2.45) is 7.05 Å². The molecule has 0 N–H and O–H groups in total. The van der Waals surface area contributed by atoms with Gasteiger partial charge < -0.3 is 9.30 Å². The van der Waals surface area contributed by atoms with Gasteiger partial charge in [-0.05, 0) is 6.92 Å². The first-order valence-electron chi connectivity index (χ1n) is 6.45. The van der Waals surface area contributed by atoms with Crippen LogP contribution in [0, 0.1) is 0 Å². The average molecular weight is 291 g/mol. The predicted octanol–water partition coefficient (Wildman–Crippen LogP) is 2.53. The van der Waals surface area contributed by atoms with Crippen LogP contribution in [0.4, 0.5) is 0 Å². The molecule has 0 aliphatic heterocycles. The van der Waals surface area contributed by atoms with Crippen LogP contribution in [-0.4, -0.2) is 33.1 Å². The summed E-state index contributed by atoms with van der Waals surface area (Å²) in [6.07, 6.45) is 0.381. The summed E-state index contributed by atoms with van der Waals surface area (Å²) in [5, 5.41) is 9.15. The Labute approximate surface area is 122 Å². The Hall–Kier alpha value is -1.82. The van der Waals surface area contributed by atoms with Gasteiger partial charge in [0.05, 0.1) is 13.0 Å². The first-order valence-corrected chi connectivity index (χ1v) is 7.44. The lowest BCUT2D eigenvalue weighted by Crippen LogP contribution is -2.05. The van der Waals surface area contributed by atoms with E-state index in [-0.39, 0.29) is 5.97 Å². The molecule has 2 aromatic rings. The van der Waals surface area contributed by atoms with E-state index >= 15 is 0 Å². The van der Waals surface area contributed by atoms with E-state index in [1.165, 1.54) is 11.8 Å². The second kappa shape index (κ2) is 7.09. The van der Waals surface area contributed by atoms with E-state index in [2.05, 4.69) is 10.2 Å². The van der Waals surface area contributed by atoms with Crippen molar-refractivity contribution in [1.29, 1.82) is 0 Å². The molecule has 0 bridgehead atoms. The third-order valence-electron chi connectivity index (χ3n) is 2.71. The first-order chi connectivity index (χ1) is 9.72. The number of nitrogens with zero attached hydrogens (tertiary/aromatic N) is 3. The minimum Gasteiger partial charge on any atom is -0.466 e. The fourth-order valence-corrected chi connectivity index (χ4v) is 2.57. The number of benzene rings is 1. The fourth-order valence-electron chi connectivity index (χ4n) is 1.74. The van der Waals surface area contributed by atoms with Crippen LogP contribution in [0.15, 0.2) is 35.5 Å². The van der Waals surface area contributed by atoms with E-state index < -0.39 is 0 Å². The van der Waals surface area contributed by atoms with Crippen molar-refractivity contribution in [3.05, 3.63) is 30.3 Å². The fraction of sp³-hybridized carbons (Fsp3) is 0.357. The van der Waals surface area contributed by atoms with Gasteiger partial charge in [-0.15, -0.1) is 10.2 Å². The maximum atomic E-state index is 11.3. The van der Waals surface area contributed by atoms with Crippen molar-refractivity contribution in [3.63, 3.8) is 0 Å². The lowest BCUT2D eigenvalue weighted by Gasteiger charge is -2.04. The van der Waals surface area contributed by atoms with E-state index in [1.54, 1.807) is 6.92 Å². The van der Waals surface area contributed by atoms with Crippen LogP contribution in [-0.2, 0) is 16.6 Å². The molecule has 0 saturated heterocycles. The molecule has 0 saturated carbocycles. The normalized spacial score (nSPS) is 10.5. The largest absolute Gasteiger partial charge is 0.466 e. The SMILES string of the molecule is CCOC(=O)CCSc1nnc(-c2ccccc2)n1C. The summed E-state index contributed by atoms with van der Waals surface area (Å²) in [5.41, 5.74) is 1.03. The lowest BCUT2D eigenvalue weighted by atomic mass is 10.2.